The van der Waals surface area contributed by atoms with E-state index < -0.39 is 0 Å². The van der Waals surface area contributed by atoms with Gasteiger partial charge in [-0.3, -0.25) is 4.79 Å². The first-order chi connectivity index (χ1) is 13.9. The molecule has 146 valence electrons. The number of fused-ring (bicyclic) bond motifs is 1. The average molecular weight is 405 g/mol. The molecule has 0 radical (unpaired) electrons. The maximum Gasteiger partial charge on any atom is 0.255 e. The van der Waals surface area contributed by atoms with E-state index in [-0.39, 0.29) is 5.91 Å². The van der Waals surface area contributed by atoms with Crippen LogP contribution in [0.4, 0.5) is 5.69 Å². The number of carbonyl (C=O) groups is 1. The van der Waals surface area contributed by atoms with E-state index in [1.165, 1.54) is 5.56 Å². The number of amides is 1. The van der Waals surface area contributed by atoms with Gasteiger partial charge in [-0.1, -0.05) is 43.6 Å². The van der Waals surface area contributed by atoms with Gasteiger partial charge in [0.1, 0.15) is 5.52 Å². The Labute approximate surface area is 174 Å². The molecule has 4 aromatic rings. The van der Waals surface area contributed by atoms with Crippen molar-refractivity contribution in [1.82, 2.24) is 4.98 Å². The number of aryl methyl sites for hydroxylation is 1. The highest BCUT2D eigenvalue weighted by Gasteiger charge is 2.13. The number of hydrogen-bond acceptors (Lipinski definition) is 3. The van der Waals surface area contributed by atoms with Crippen molar-refractivity contribution in [1.29, 1.82) is 0 Å². The van der Waals surface area contributed by atoms with Gasteiger partial charge in [0.15, 0.2) is 5.58 Å². The van der Waals surface area contributed by atoms with Gasteiger partial charge in [-0.15, -0.1) is 0 Å². The van der Waals surface area contributed by atoms with E-state index in [2.05, 4.69) is 24.1 Å². The fourth-order valence-corrected chi connectivity index (χ4v) is 3.29. The molecular weight excluding hydrogens is 384 g/mol. The predicted octanol–water partition coefficient (Wildman–Crippen LogP) is 6.83. The Morgan fingerprint density at radius 1 is 1.03 bits per heavy atom. The van der Waals surface area contributed by atoms with E-state index in [4.69, 9.17) is 16.0 Å². The lowest BCUT2D eigenvalue weighted by molar-refractivity contribution is 0.102. The molecule has 0 spiro atoms. The quantitative estimate of drug-likeness (QED) is 0.405. The molecule has 0 aliphatic rings. The van der Waals surface area contributed by atoms with Crippen molar-refractivity contribution in [2.45, 2.75) is 26.7 Å². The molecule has 1 aromatic heterocycles. The molecule has 1 amide bonds. The first kappa shape index (κ1) is 19.2. The van der Waals surface area contributed by atoms with E-state index in [0.29, 0.717) is 28.1 Å². The molecule has 0 unspecified atom stereocenters. The van der Waals surface area contributed by atoms with Crippen LogP contribution in [0.2, 0.25) is 5.02 Å². The van der Waals surface area contributed by atoms with Gasteiger partial charge in [-0.05, 0) is 66.4 Å². The molecule has 4 nitrogen and oxygen atoms in total. The molecule has 0 saturated carbocycles. The Morgan fingerprint density at radius 2 is 1.79 bits per heavy atom. The maximum atomic E-state index is 12.7. The number of carbonyl (C=O) groups excluding carboxylic acids is 1. The second-order valence-corrected chi connectivity index (χ2v) is 7.82. The lowest BCUT2D eigenvalue weighted by atomic mass is 10.0. The molecule has 0 fully saturated rings. The van der Waals surface area contributed by atoms with Crippen molar-refractivity contribution in [3.8, 4) is 11.5 Å². The van der Waals surface area contributed by atoms with E-state index in [1.807, 2.05) is 55.5 Å². The third-order valence-corrected chi connectivity index (χ3v) is 5.17. The summed E-state index contributed by atoms with van der Waals surface area (Å²) in [6.45, 7) is 6.24. The second-order valence-electron chi connectivity index (χ2n) is 7.42. The Bertz CT molecular complexity index is 1190. The summed E-state index contributed by atoms with van der Waals surface area (Å²) in [5.74, 6) is 0.685. The fraction of sp³-hybridized carbons (Fsp3) is 0.167. The molecule has 3 aromatic carbocycles. The van der Waals surface area contributed by atoms with E-state index in [0.717, 1.165) is 22.2 Å². The van der Waals surface area contributed by atoms with Crippen molar-refractivity contribution in [3.05, 3.63) is 82.4 Å². The number of rotatable bonds is 4. The SMILES string of the molecule is Cc1ccc2nc(-c3ccc(Cl)c(NC(=O)c4ccc(C(C)C)cc4)c3)oc2c1. The summed E-state index contributed by atoms with van der Waals surface area (Å²) in [6.07, 6.45) is 0. The van der Waals surface area contributed by atoms with Crippen LogP contribution in [-0.4, -0.2) is 10.9 Å². The third-order valence-electron chi connectivity index (χ3n) is 4.84. The van der Waals surface area contributed by atoms with E-state index in [9.17, 15) is 4.79 Å². The monoisotopic (exact) mass is 404 g/mol. The highest BCUT2D eigenvalue weighted by atomic mass is 35.5. The topological polar surface area (TPSA) is 55.1 Å². The standard InChI is InChI=1S/C24H21ClN2O2/c1-14(2)16-5-7-17(8-6-16)23(28)26-21-13-18(9-10-19(21)25)24-27-20-11-4-15(3)12-22(20)29-24/h4-14H,1-3H3,(H,26,28). The smallest absolute Gasteiger partial charge is 0.255 e. The minimum absolute atomic E-state index is 0.215. The third kappa shape index (κ3) is 4.03. The number of benzene rings is 3. The Kier molecular flexibility index (Phi) is 5.12. The molecule has 0 atom stereocenters. The molecule has 4 rings (SSSR count). The fourth-order valence-electron chi connectivity index (χ4n) is 3.12. The first-order valence-electron chi connectivity index (χ1n) is 9.49. The molecule has 29 heavy (non-hydrogen) atoms. The van der Waals surface area contributed by atoms with Crippen LogP contribution in [0.5, 0.6) is 0 Å². The van der Waals surface area contributed by atoms with Crippen LogP contribution in [0.1, 0.15) is 41.3 Å². The lowest BCUT2D eigenvalue weighted by Crippen LogP contribution is -2.12. The molecule has 1 heterocycles. The summed E-state index contributed by atoms with van der Waals surface area (Å²) >= 11 is 6.32. The van der Waals surface area contributed by atoms with E-state index >= 15 is 0 Å². The number of hydrogen-bond donors (Lipinski definition) is 1. The zero-order chi connectivity index (χ0) is 20.5. The number of oxazole rings is 1. The minimum Gasteiger partial charge on any atom is -0.436 e. The minimum atomic E-state index is -0.215. The largest absolute Gasteiger partial charge is 0.436 e. The summed E-state index contributed by atoms with van der Waals surface area (Å²) in [6, 6.07) is 18.8. The van der Waals surface area contributed by atoms with Gasteiger partial charge in [0, 0.05) is 11.1 Å². The van der Waals surface area contributed by atoms with Crippen LogP contribution >= 0.6 is 11.6 Å². The average Bonchev–Trinajstić information content (AvgIpc) is 3.12. The normalized spacial score (nSPS) is 11.2. The Morgan fingerprint density at radius 3 is 2.52 bits per heavy atom. The highest BCUT2D eigenvalue weighted by Crippen LogP contribution is 2.31. The molecule has 0 saturated heterocycles. The number of halogens is 1. The van der Waals surface area contributed by atoms with Crippen LogP contribution in [-0.2, 0) is 0 Å². The van der Waals surface area contributed by atoms with Crippen molar-refractivity contribution in [2.75, 3.05) is 5.32 Å². The zero-order valence-corrected chi connectivity index (χ0v) is 17.2. The zero-order valence-electron chi connectivity index (χ0n) is 16.5. The van der Waals surface area contributed by atoms with Crippen molar-refractivity contribution >= 4 is 34.3 Å². The van der Waals surface area contributed by atoms with Gasteiger partial charge in [0.2, 0.25) is 5.89 Å². The predicted molar refractivity (Wildman–Crippen MR) is 118 cm³/mol. The summed E-state index contributed by atoms with van der Waals surface area (Å²) in [4.78, 5) is 17.2. The summed E-state index contributed by atoms with van der Waals surface area (Å²) in [5, 5.41) is 3.34. The molecule has 0 bridgehead atoms. The molecule has 0 aliphatic heterocycles. The number of nitrogens with one attached hydrogen (secondary N) is 1. The van der Waals surface area contributed by atoms with Crippen LogP contribution in [0.15, 0.2) is 65.1 Å². The first-order valence-corrected chi connectivity index (χ1v) is 9.87. The summed E-state index contributed by atoms with van der Waals surface area (Å²) in [7, 11) is 0. The van der Waals surface area contributed by atoms with Crippen LogP contribution < -0.4 is 5.32 Å². The van der Waals surface area contributed by atoms with E-state index in [1.54, 1.807) is 12.1 Å². The summed E-state index contributed by atoms with van der Waals surface area (Å²) in [5.41, 5.74) is 5.64. The van der Waals surface area contributed by atoms with Crippen molar-refractivity contribution in [2.24, 2.45) is 0 Å². The van der Waals surface area contributed by atoms with Crippen LogP contribution in [0.25, 0.3) is 22.6 Å². The number of aromatic nitrogens is 1. The molecule has 5 heteroatoms. The molecule has 0 aliphatic carbocycles. The number of anilines is 1. The maximum absolute atomic E-state index is 12.7. The van der Waals surface area contributed by atoms with Gasteiger partial charge in [-0.25, -0.2) is 4.98 Å². The van der Waals surface area contributed by atoms with Crippen LogP contribution in [0, 0.1) is 6.92 Å². The second kappa shape index (κ2) is 7.72. The van der Waals surface area contributed by atoms with Gasteiger partial charge in [-0.2, -0.15) is 0 Å². The van der Waals surface area contributed by atoms with Gasteiger partial charge in [0.05, 0.1) is 10.7 Å². The van der Waals surface area contributed by atoms with Crippen LogP contribution in [0.3, 0.4) is 0 Å². The number of nitrogens with zero attached hydrogens (tertiary/aromatic N) is 1. The molecule has 1 N–H and O–H groups in total. The highest BCUT2D eigenvalue weighted by molar-refractivity contribution is 6.34. The lowest BCUT2D eigenvalue weighted by Gasteiger charge is -2.10. The van der Waals surface area contributed by atoms with Gasteiger partial charge in [0.25, 0.3) is 5.91 Å². The van der Waals surface area contributed by atoms with Crippen molar-refractivity contribution in [3.63, 3.8) is 0 Å². The molecular formula is C24H21ClN2O2. The van der Waals surface area contributed by atoms with Gasteiger partial charge >= 0.3 is 0 Å². The Balaban J connectivity index is 1.61. The van der Waals surface area contributed by atoms with Crippen molar-refractivity contribution < 1.29 is 9.21 Å². The van der Waals surface area contributed by atoms with Gasteiger partial charge < -0.3 is 9.73 Å². The summed E-state index contributed by atoms with van der Waals surface area (Å²) < 4.78 is 5.89. The Hall–Kier alpha value is -3.11.